The molecule has 0 bridgehead atoms. The van der Waals surface area contributed by atoms with Crippen LogP contribution in [0, 0.1) is 0 Å². The first-order valence-corrected chi connectivity index (χ1v) is 9.42. The number of rotatable bonds is 4. The molecule has 140 valence electrons. The molecule has 25 heavy (non-hydrogen) atoms. The predicted molar refractivity (Wildman–Crippen MR) is 102 cm³/mol. The molecule has 1 aromatic heterocycles. The van der Waals surface area contributed by atoms with Crippen molar-refractivity contribution in [2.24, 2.45) is 0 Å². The van der Waals surface area contributed by atoms with Crippen LogP contribution in [0.25, 0.3) is 0 Å². The highest BCUT2D eigenvalue weighted by atomic mass is 16.6. The minimum Gasteiger partial charge on any atom is -0.443 e. The molecule has 0 aromatic carbocycles. The number of carbonyl (C=O) groups excluding carboxylic acids is 1. The van der Waals surface area contributed by atoms with Crippen LogP contribution in [0.2, 0.25) is 0 Å². The second-order valence-corrected chi connectivity index (χ2v) is 8.02. The first kappa shape index (κ1) is 19.7. The van der Waals surface area contributed by atoms with Gasteiger partial charge in [0.1, 0.15) is 11.4 Å². The van der Waals surface area contributed by atoms with Crippen molar-refractivity contribution in [3.05, 3.63) is 23.9 Å². The molecule has 5 heteroatoms. The lowest BCUT2D eigenvalue weighted by molar-refractivity contribution is 0.0564. The number of amides is 1. The van der Waals surface area contributed by atoms with Gasteiger partial charge < -0.3 is 4.74 Å². The highest BCUT2D eigenvalue weighted by Crippen LogP contribution is 2.35. The molecule has 1 aliphatic rings. The number of carbonyl (C=O) groups is 1. The largest absolute Gasteiger partial charge is 0.443 e. The summed E-state index contributed by atoms with van der Waals surface area (Å²) in [7, 11) is 2.15. The van der Waals surface area contributed by atoms with E-state index in [0.29, 0.717) is 6.04 Å². The van der Waals surface area contributed by atoms with Crippen molar-refractivity contribution in [3.8, 4) is 0 Å². The Bertz CT molecular complexity index is 583. The van der Waals surface area contributed by atoms with Crippen molar-refractivity contribution in [2.75, 3.05) is 18.5 Å². The molecule has 0 radical (unpaired) electrons. The average molecular weight is 348 g/mol. The third-order valence-corrected chi connectivity index (χ3v) is 4.80. The lowest BCUT2D eigenvalue weighted by Crippen LogP contribution is -2.43. The Morgan fingerprint density at radius 3 is 2.76 bits per heavy atom. The van der Waals surface area contributed by atoms with Crippen molar-refractivity contribution >= 4 is 11.9 Å². The summed E-state index contributed by atoms with van der Waals surface area (Å²) in [5, 5.41) is 0. The Morgan fingerprint density at radius 2 is 2.16 bits per heavy atom. The van der Waals surface area contributed by atoms with E-state index >= 15 is 0 Å². The first-order valence-electron chi connectivity index (χ1n) is 9.42. The Labute approximate surface area is 152 Å². The minimum absolute atomic E-state index is 0.0254. The van der Waals surface area contributed by atoms with Crippen molar-refractivity contribution in [1.29, 1.82) is 0 Å². The highest BCUT2D eigenvalue weighted by molar-refractivity contribution is 5.88. The molecular weight excluding hydrogens is 314 g/mol. The van der Waals surface area contributed by atoms with Gasteiger partial charge in [-0.25, -0.2) is 9.78 Å². The van der Waals surface area contributed by atoms with Gasteiger partial charge in [-0.3, -0.25) is 9.80 Å². The molecule has 5 nitrogen and oxygen atoms in total. The summed E-state index contributed by atoms with van der Waals surface area (Å²) in [6.07, 6.45) is 5.82. The number of aromatic nitrogens is 1. The molecule has 2 atom stereocenters. The van der Waals surface area contributed by atoms with E-state index in [0.717, 1.165) is 30.8 Å². The monoisotopic (exact) mass is 347 g/mol. The number of hydrogen-bond donors (Lipinski definition) is 0. The molecule has 0 aliphatic carbocycles. The van der Waals surface area contributed by atoms with Gasteiger partial charge in [-0.15, -0.1) is 0 Å². The second kappa shape index (κ2) is 8.17. The number of hydrogen-bond acceptors (Lipinski definition) is 4. The number of nitrogens with zero attached hydrogens (tertiary/aromatic N) is 3. The lowest BCUT2D eigenvalue weighted by Gasteiger charge is -2.37. The zero-order valence-electron chi connectivity index (χ0n) is 16.6. The van der Waals surface area contributed by atoms with Gasteiger partial charge in [-0.2, -0.15) is 0 Å². The molecule has 1 aromatic rings. The van der Waals surface area contributed by atoms with Crippen LogP contribution in [0.4, 0.5) is 10.6 Å². The smallest absolute Gasteiger partial charge is 0.416 e. The zero-order chi connectivity index (χ0) is 18.6. The highest BCUT2D eigenvalue weighted by Gasteiger charge is 2.32. The Morgan fingerprint density at radius 1 is 1.44 bits per heavy atom. The Hall–Kier alpha value is -1.62. The molecule has 1 aliphatic heterocycles. The zero-order valence-corrected chi connectivity index (χ0v) is 16.6. The van der Waals surface area contributed by atoms with Crippen molar-refractivity contribution < 1.29 is 9.53 Å². The fraction of sp³-hybridized carbons (Fsp3) is 0.700. The van der Waals surface area contributed by atoms with E-state index in [-0.39, 0.29) is 12.1 Å². The third-order valence-electron chi connectivity index (χ3n) is 4.80. The number of anilines is 1. The lowest BCUT2D eigenvalue weighted by atomic mass is 9.95. The Balaban J connectivity index is 2.42. The molecule has 2 heterocycles. The minimum atomic E-state index is -0.528. The van der Waals surface area contributed by atoms with Crippen molar-refractivity contribution in [2.45, 2.75) is 78.0 Å². The predicted octanol–water partition coefficient (Wildman–Crippen LogP) is 4.78. The number of likely N-dealkylation sites (tertiary alicyclic amines) is 1. The van der Waals surface area contributed by atoms with Gasteiger partial charge in [0.15, 0.2) is 0 Å². The molecule has 0 saturated carbocycles. The van der Waals surface area contributed by atoms with Crippen LogP contribution in [0.1, 0.15) is 71.9 Å². The van der Waals surface area contributed by atoms with E-state index in [1.165, 1.54) is 12.8 Å². The number of piperidine rings is 1. The van der Waals surface area contributed by atoms with E-state index < -0.39 is 5.60 Å². The fourth-order valence-corrected chi connectivity index (χ4v) is 3.31. The molecule has 0 unspecified atom stereocenters. The second-order valence-electron chi connectivity index (χ2n) is 8.02. The fourth-order valence-electron chi connectivity index (χ4n) is 3.31. The first-order chi connectivity index (χ1) is 11.7. The van der Waals surface area contributed by atoms with Gasteiger partial charge in [-0.1, -0.05) is 19.4 Å². The van der Waals surface area contributed by atoms with Crippen LogP contribution in [0.5, 0.6) is 0 Å². The molecule has 1 saturated heterocycles. The quantitative estimate of drug-likeness (QED) is 0.786. The molecule has 1 fully saturated rings. The summed E-state index contributed by atoms with van der Waals surface area (Å²) in [6.45, 7) is 10.9. The number of ether oxygens (including phenoxy) is 1. The van der Waals surface area contributed by atoms with E-state index in [4.69, 9.17) is 4.74 Å². The standard InChI is InChI=1S/C20H33N3O2/c1-7-15(2)23(19(24)25-20(3,4)5)18-16(11-10-13-21-18)17-12-8-9-14-22(17)6/h10-11,13,15,17H,7-9,12,14H2,1-6H3/t15-,17+/m0/s1. The average Bonchev–Trinajstić information content (AvgIpc) is 2.54. The van der Waals surface area contributed by atoms with Gasteiger partial charge in [-0.05, 0) is 66.6 Å². The SMILES string of the molecule is CC[C@H](C)N(C(=O)OC(C)(C)C)c1ncccc1[C@H]1CCCCN1C. The van der Waals surface area contributed by atoms with Crippen molar-refractivity contribution in [1.82, 2.24) is 9.88 Å². The summed E-state index contributed by atoms with van der Waals surface area (Å²) in [5.41, 5.74) is 0.593. The van der Waals surface area contributed by atoms with Gasteiger partial charge in [0.25, 0.3) is 0 Å². The summed E-state index contributed by atoms with van der Waals surface area (Å²) in [5.74, 6) is 0.741. The maximum atomic E-state index is 12.9. The Kier molecular flexibility index (Phi) is 6.44. The van der Waals surface area contributed by atoms with Crippen LogP contribution in [-0.4, -0.2) is 41.2 Å². The summed E-state index contributed by atoms with van der Waals surface area (Å²) in [4.78, 5) is 21.6. The topological polar surface area (TPSA) is 45.7 Å². The van der Waals surface area contributed by atoms with Crippen LogP contribution in [0.3, 0.4) is 0 Å². The molecule has 0 spiro atoms. The maximum Gasteiger partial charge on any atom is 0.416 e. The summed E-state index contributed by atoms with van der Waals surface area (Å²) >= 11 is 0. The maximum absolute atomic E-state index is 12.9. The van der Waals surface area contributed by atoms with E-state index in [1.54, 1.807) is 11.1 Å². The number of pyridine rings is 1. The van der Waals surface area contributed by atoms with Crippen molar-refractivity contribution in [3.63, 3.8) is 0 Å². The molecule has 2 rings (SSSR count). The van der Waals surface area contributed by atoms with Gasteiger partial charge in [0.2, 0.25) is 0 Å². The van der Waals surface area contributed by atoms with E-state index in [2.05, 4.69) is 29.9 Å². The van der Waals surface area contributed by atoms with Crippen LogP contribution < -0.4 is 4.90 Å². The third kappa shape index (κ3) is 4.94. The normalized spacial score (nSPS) is 20.2. The van der Waals surface area contributed by atoms with Crippen LogP contribution in [-0.2, 0) is 4.74 Å². The molecule has 1 amide bonds. The molecule has 0 N–H and O–H groups in total. The van der Waals surface area contributed by atoms with E-state index in [9.17, 15) is 4.79 Å². The van der Waals surface area contributed by atoms with Gasteiger partial charge >= 0.3 is 6.09 Å². The van der Waals surface area contributed by atoms with Crippen LogP contribution >= 0.6 is 0 Å². The summed E-state index contributed by atoms with van der Waals surface area (Å²) < 4.78 is 5.68. The van der Waals surface area contributed by atoms with E-state index in [1.807, 2.05) is 33.8 Å². The summed E-state index contributed by atoms with van der Waals surface area (Å²) in [6, 6.07) is 4.39. The van der Waals surface area contributed by atoms with Gasteiger partial charge in [0, 0.05) is 23.8 Å². The molecular formula is C20H33N3O2. The van der Waals surface area contributed by atoms with Gasteiger partial charge in [0.05, 0.1) is 0 Å². The van der Waals surface area contributed by atoms with Crippen LogP contribution in [0.15, 0.2) is 18.3 Å².